The minimum absolute atomic E-state index is 0.0289. The number of hydrogen-bond acceptors (Lipinski definition) is 1. The van der Waals surface area contributed by atoms with Gasteiger partial charge in [-0.1, -0.05) is 32.6 Å². The predicted molar refractivity (Wildman–Crippen MR) is 72.6 cm³/mol. The Hall–Kier alpha value is -0.330. The van der Waals surface area contributed by atoms with Gasteiger partial charge in [-0.2, -0.15) is 17.6 Å². The topological polar surface area (TPSA) is 37.3 Å². The predicted octanol–water partition coefficient (Wildman–Crippen LogP) is 5.45. The van der Waals surface area contributed by atoms with Crippen LogP contribution in [0.3, 0.4) is 0 Å². The highest BCUT2D eigenvalue weighted by molar-refractivity contribution is 9.10. The monoisotopic (exact) mass is 364 g/mol. The molecule has 0 spiro atoms. The molecule has 1 aliphatic rings. The Morgan fingerprint density at radius 1 is 1.20 bits per heavy atom. The lowest BCUT2D eigenvalue weighted by Gasteiger charge is -2.20. The Labute approximate surface area is 125 Å². The summed E-state index contributed by atoms with van der Waals surface area (Å²) < 4.78 is 48.6. The van der Waals surface area contributed by atoms with Crippen molar-refractivity contribution in [2.24, 2.45) is 5.92 Å². The molecule has 0 radical (unpaired) electrons. The van der Waals surface area contributed by atoms with E-state index >= 15 is 0 Å². The second-order valence-electron chi connectivity index (χ2n) is 4.98. The summed E-state index contributed by atoms with van der Waals surface area (Å²) in [5, 5.41) is 8.54. The summed E-state index contributed by atoms with van der Waals surface area (Å²) in [6, 6.07) is 0. The Kier molecular flexibility index (Phi) is 8.70. The number of carboxylic acids is 1. The highest BCUT2D eigenvalue weighted by Crippen LogP contribution is 2.42. The molecule has 1 rings (SSSR count). The molecule has 0 bridgehead atoms. The average molecular weight is 365 g/mol. The van der Waals surface area contributed by atoms with Crippen molar-refractivity contribution >= 4 is 21.9 Å². The van der Waals surface area contributed by atoms with Gasteiger partial charge >= 0.3 is 16.7 Å². The highest BCUT2D eigenvalue weighted by atomic mass is 79.9. The molecular weight excluding hydrogens is 344 g/mol. The summed E-state index contributed by atoms with van der Waals surface area (Å²) in [4.78, 5) is 6.28. The van der Waals surface area contributed by atoms with Crippen LogP contribution in [0, 0.1) is 5.92 Å². The maximum Gasteiger partial charge on any atom is 0.363 e. The standard InChI is InChI=1S/C7H12O2.C6H9BrF4/c8-7(9)6-4-2-1-3-5-6;1-2-3-4-5(8,9)6(7,10)11/h6H,1-5H2,(H,8,9);2-4H2,1H3. The number of unbranched alkanes of at least 4 members (excludes halogenated alkanes) is 1. The third-order valence-electron chi connectivity index (χ3n) is 3.21. The number of rotatable bonds is 5. The molecular formula is C13H21BrF4O2. The van der Waals surface area contributed by atoms with E-state index in [0.29, 0.717) is 6.42 Å². The van der Waals surface area contributed by atoms with Gasteiger partial charge in [-0.3, -0.25) is 4.79 Å². The van der Waals surface area contributed by atoms with Gasteiger partial charge in [0, 0.05) is 6.42 Å². The summed E-state index contributed by atoms with van der Waals surface area (Å²) >= 11 is 1.65. The van der Waals surface area contributed by atoms with Crippen LogP contribution in [0.2, 0.25) is 0 Å². The molecule has 0 aromatic heterocycles. The molecule has 120 valence electrons. The van der Waals surface area contributed by atoms with Crippen molar-refractivity contribution in [2.75, 3.05) is 0 Å². The first-order valence-corrected chi connectivity index (χ1v) is 7.58. The zero-order valence-corrected chi connectivity index (χ0v) is 13.1. The smallest absolute Gasteiger partial charge is 0.363 e. The van der Waals surface area contributed by atoms with Crippen LogP contribution < -0.4 is 0 Å². The number of carbonyl (C=O) groups is 1. The van der Waals surface area contributed by atoms with E-state index in [1.54, 1.807) is 22.9 Å². The molecule has 0 heterocycles. The van der Waals surface area contributed by atoms with Gasteiger partial charge in [0.25, 0.3) is 0 Å². The lowest BCUT2D eigenvalue weighted by Crippen LogP contribution is -2.34. The summed E-state index contributed by atoms with van der Waals surface area (Å²) in [5.74, 6) is -4.56. The minimum Gasteiger partial charge on any atom is -0.481 e. The molecule has 0 amide bonds. The van der Waals surface area contributed by atoms with E-state index in [9.17, 15) is 22.4 Å². The number of alkyl halides is 5. The van der Waals surface area contributed by atoms with Crippen molar-refractivity contribution in [3.63, 3.8) is 0 Å². The molecule has 2 nitrogen and oxygen atoms in total. The maximum atomic E-state index is 12.3. The third-order valence-corrected chi connectivity index (χ3v) is 3.79. The van der Waals surface area contributed by atoms with Gasteiger partial charge in [-0.25, -0.2) is 0 Å². The second-order valence-corrected chi connectivity index (χ2v) is 5.97. The number of halogens is 5. The number of aliphatic carboxylic acids is 1. The first-order valence-electron chi connectivity index (χ1n) is 6.79. The molecule has 1 fully saturated rings. The number of hydrogen-bond donors (Lipinski definition) is 1. The van der Waals surface area contributed by atoms with Gasteiger partial charge in [0.1, 0.15) is 0 Å². The molecule has 0 atom stereocenters. The van der Waals surface area contributed by atoms with Gasteiger partial charge in [-0.05, 0) is 35.2 Å². The van der Waals surface area contributed by atoms with Crippen molar-refractivity contribution in [3.8, 4) is 0 Å². The van der Waals surface area contributed by atoms with E-state index < -0.39 is 23.1 Å². The van der Waals surface area contributed by atoms with Crippen molar-refractivity contribution < 1.29 is 27.5 Å². The first kappa shape index (κ1) is 19.7. The van der Waals surface area contributed by atoms with Crippen LogP contribution in [0.25, 0.3) is 0 Å². The molecule has 0 aliphatic heterocycles. The van der Waals surface area contributed by atoms with Crippen LogP contribution in [-0.4, -0.2) is 21.8 Å². The Morgan fingerprint density at radius 2 is 1.70 bits per heavy atom. The maximum absolute atomic E-state index is 12.3. The van der Waals surface area contributed by atoms with Crippen LogP contribution >= 0.6 is 15.9 Å². The van der Waals surface area contributed by atoms with Gasteiger partial charge < -0.3 is 5.11 Å². The molecule has 0 aromatic carbocycles. The third kappa shape index (κ3) is 7.45. The van der Waals surface area contributed by atoms with Crippen LogP contribution in [0.5, 0.6) is 0 Å². The molecule has 0 aromatic rings. The van der Waals surface area contributed by atoms with E-state index in [1.807, 2.05) is 0 Å². The minimum atomic E-state index is -4.07. The molecule has 0 saturated heterocycles. The quantitative estimate of drug-likeness (QED) is 0.520. The zero-order valence-electron chi connectivity index (χ0n) is 11.5. The molecule has 7 heteroatoms. The van der Waals surface area contributed by atoms with Gasteiger partial charge in [0.2, 0.25) is 0 Å². The largest absolute Gasteiger partial charge is 0.481 e. The van der Waals surface area contributed by atoms with Gasteiger partial charge in [0.15, 0.2) is 0 Å². The van der Waals surface area contributed by atoms with E-state index in [2.05, 4.69) is 0 Å². The summed E-state index contributed by atoms with van der Waals surface area (Å²) in [6.45, 7) is 1.67. The van der Waals surface area contributed by atoms with Crippen LogP contribution in [0.4, 0.5) is 17.6 Å². The van der Waals surface area contributed by atoms with E-state index in [1.165, 1.54) is 6.42 Å². The molecule has 1 aliphatic carbocycles. The summed E-state index contributed by atoms with van der Waals surface area (Å²) in [7, 11) is 0. The molecule has 1 saturated carbocycles. The van der Waals surface area contributed by atoms with E-state index in [0.717, 1.165) is 25.7 Å². The first-order chi connectivity index (χ1) is 9.12. The Balaban J connectivity index is 0.000000367. The summed E-state index contributed by atoms with van der Waals surface area (Å²) in [6.07, 6.45) is 5.05. The van der Waals surface area contributed by atoms with Gasteiger partial charge in [0.05, 0.1) is 5.92 Å². The zero-order chi connectivity index (χ0) is 15.8. The lowest BCUT2D eigenvalue weighted by molar-refractivity contribution is -0.151. The number of carboxylic acid groups (broad SMARTS) is 1. The van der Waals surface area contributed by atoms with E-state index in [4.69, 9.17) is 5.11 Å². The second kappa shape index (κ2) is 8.85. The fourth-order valence-electron chi connectivity index (χ4n) is 1.89. The van der Waals surface area contributed by atoms with Crippen molar-refractivity contribution in [1.82, 2.24) is 0 Å². The fourth-order valence-corrected chi connectivity index (χ4v) is 2.09. The van der Waals surface area contributed by atoms with Crippen LogP contribution in [-0.2, 0) is 4.79 Å². The van der Waals surface area contributed by atoms with E-state index in [-0.39, 0.29) is 12.3 Å². The van der Waals surface area contributed by atoms with Gasteiger partial charge in [-0.15, -0.1) is 0 Å². The highest BCUT2D eigenvalue weighted by Gasteiger charge is 2.53. The summed E-state index contributed by atoms with van der Waals surface area (Å²) in [5.41, 5.74) is 0. The molecule has 20 heavy (non-hydrogen) atoms. The van der Waals surface area contributed by atoms with Crippen molar-refractivity contribution in [1.29, 1.82) is 0 Å². The average Bonchev–Trinajstić information content (AvgIpc) is 2.37. The normalized spacial score (nSPS) is 17.3. The lowest BCUT2D eigenvalue weighted by atomic mass is 9.90. The van der Waals surface area contributed by atoms with Crippen LogP contribution in [0.1, 0.15) is 58.3 Å². The van der Waals surface area contributed by atoms with Crippen molar-refractivity contribution in [3.05, 3.63) is 0 Å². The fraction of sp³-hybridized carbons (Fsp3) is 0.923. The van der Waals surface area contributed by atoms with Crippen molar-refractivity contribution in [2.45, 2.75) is 69.0 Å². The Morgan fingerprint density at radius 3 is 2.00 bits per heavy atom. The Bertz CT molecular complexity index is 287. The SMILES string of the molecule is CCCCC(F)(F)C(F)(F)Br.O=C(O)C1CCCCC1. The molecule has 0 unspecified atom stereocenters. The van der Waals surface area contributed by atoms with Crippen LogP contribution in [0.15, 0.2) is 0 Å². The molecule has 1 N–H and O–H groups in total.